The van der Waals surface area contributed by atoms with Crippen LogP contribution in [0.2, 0.25) is 5.02 Å². The minimum atomic E-state index is -0.515. The number of hydrogen-bond donors (Lipinski definition) is 2. The minimum Gasteiger partial charge on any atom is -0.392 e. The summed E-state index contributed by atoms with van der Waals surface area (Å²) in [7, 11) is 0. The molecule has 1 heterocycles. The van der Waals surface area contributed by atoms with Gasteiger partial charge in [-0.2, -0.15) is 0 Å². The first-order chi connectivity index (χ1) is 8.56. The van der Waals surface area contributed by atoms with Crippen LogP contribution in [0.3, 0.4) is 0 Å². The summed E-state index contributed by atoms with van der Waals surface area (Å²) in [5.41, 5.74) is 1.17. The van der Waals surface area contributed by atoms with E-state index in [2.05, 4.69) is 5.32 Å². The van der Waals surface area contributed by atoms with Crippen LogP contribution in [0.1, 0.15) is 18.4 Å². The molecule has 1 aliphatic heterocycles. The third-order valence-corrected chi connectivity index (χ3v) is 3.27. The summed E-state index contributed by atoms with van der Waals surface area (Å²) in [6.07, 6.45) is -0.515. The van der Waals surface area contributed by atoms with Crippen molar-refractivity contribution in [3.63, 3.8) is 0 Å². The number of carbonyl (C=O) groups is 1. The van der Waals surface area contributed by atoms with Gasteiger partial charge in [0.05, 0.1) is 6.10 Å². The van der Waals surface area contributed by atoms with Crippen LogP contribution in [0.5, 0.6) is 0 Å². The van der Waals surface area contributed by atoms with Crippen LogP contribution in [0, 0.1) is 0 Å². The van der Waals surface area contributed by atoms with Gasteiger partial charge in [0.25, 0.3) is 0 Å². The van der Waals surface area contributed by atoms with Crippen LogP contribution in [-0.4, -0.2) is 41.8 Å². The van der Waals surface area contributed by atoms with Gasteiger partial charge in [0, 0.05) is 30.6 Å². The predicted octanol–water partition coefficient (Wildman–Crippen LogP) is 1.83. The predicted molar refractivity (Wildman–Crippen MR) is 70.8 cm³/mol. The molecule has 1 atom stereocenters. The Kier molecular flexibility index (Phi) is 4.09. The molecule has 98 valence electrons. The Labute approximate surface area is 112 Å². The van der Waals surface area contributed by atoms with E-state index in [1.807, 2.05) is 24.3 Å². The Balaban J connectivity index is 1.81. The number of aliphatic hydroxyl groups is 1. The third kappa shape index (κ3) is 3.15. The van der Waals surface area contributed by atoms with Crippen molar-refractivity contribution >= 4 is 17.6 Å². The van der Waals surface area contributed by atoms with E-state index in [1.54, 1.807) is 11.8 Å². The van der Waals surface area contributed by atoms with Crippen LogP contribution in [-0.2, 0) is 0 Å². The molecular weight excluding hydrogens is 252 g/mol. The van der Waals surface area contributed by atoms with Gasteiger partial charge in [0.2, 0.25) is 0 Å². The van der Waals surface area contributed by atoms with Crippen LogP contribution in [0.4, 0.5) is 4.79 Å². The number of nitrogens with zero attached hydrogens (tertiary/aromatic N) is 1. The lowest BCUT2D eigenvalue weighted by atomic mass is 9.92. The standard InChI is InChI=1S/C13H17ClN2O2/c1-9(17)6-15-13(18)16-7-11(8-16)10-3-2-4-12(14)5-10/h2-5,9,11,17H,6-8H2,1H3,(H,15,18)/t9-/m0/s1. The largest absolute Gasteiger partial charge is 0.392 e. The zero-order valence-electron chi connectivity index (χ0n) is 10.3. The minimum absolute atomic E-state index is 0.117. The molecule has 0 spiro atoms. The Bertz CT molecular complexity index is 431. The summed E-state index contributed by atoms with van der Waals surface area (Å²) < 4.78 is 0. The molecule has 4 nitrogen and oxygen atoms in total. The molecule has 0 aromatic heterocycles. The maximum absolute atomic E-state index is 11.7. The molecule has 1 fully saturated rings. The van der Waals surface area contributed by atoms with E-state index in [9.17, 15) is 4.79 Å². The van der Waals surface area contributed by atoms with Crippen molar-refractivity contribution in [2.75, 3.05) is 19.6 Å². The maximum atomic E-state index is 11.7. The number of amides is 2. The van der Waals surface area contributed by atoms with Crippen LogP contribution in [0.15, 0.2) is 24.3 Å². The highest BCUT2D eigenvalue weighted by Crippen LogP contribution is 2.28. The second-order valence-electron chi connectivity index (χ2n) is 4.69. The van der Waals surface area contributed by atoms with Crippen molar-refractivity contribution in [1.82, 2.24) is 10.2 Å². The molecule has 0 radical (unpaired) electrons. The summed E-state index contributed by atoms with van der Waals surface area (Å²) in [5.74, 6) is 0.362. The Morgan fingerprint density at radius 2 is 2.33 bits per heavy atom. The molecule has 1 saturated heterocycles. The van der Waals surface area contributed by atoms with E-state index in [0.717, 1.165) is 5.02 Å². The number of nitrogens with one attached hydrogen (secondary N) is 1. The molecule has 1 aromatic rings. The normalized spacial score (nSPS) is 17.2. The van der Waals surface area contributed by atoms with Crippen molar-refractivity contribution in [2.45, 2.75) is 18.9 Å². The quantitative estimate of drug-likeness (QED) is 0.879. The summed E-state index contributed by atoms with van der Waals surface area (Å²) in [5, 5.41) is 12.5. The number of likely N-dealkylation sites (tertiary alicyclic amines) is 1. The average molecular weight is 269 g/mol. The van der Waals surface area contributed by atoms with Gasteiger partial charge in [-0.1, -0.05) is 23.7 Å². The summed E-state index contributed by atoms with van der Waals surface area (Å²) in [4.78, 5) is 13.4. The molecule has 0 unspecified atom stereocenters. The van der Waals surface area contributed by atoms with Crippen molar-refractivity contribution in [3.05, 3.63) is 34.9 Å². The summed E-state index contributed by atoms with van der Waals surface area (Å²) in [6.45, 7) is 3.33. The number of hydrogen-bond acceptors (Lipinski definition) is 2. The van der Waals surface area contributed by atoms with Crippen molar-refractivity contribution < 1.29 is 9.90 Å². The van der Waals surface area contributed by atoms with Gasteiger partial charge in [-0.05, 0) is 24.6 Å². The van der Waals surface area contributed by atoms with Gasteiger partial charge >= 0.3 is 6.03 Å². The van der Waals surface area contributed by atoms with Gasteiger partial charge in [0.1, 0.15) is 0 Å². The van der Waals surface area contributed by atoms with Crippen LogP contribution >= 0.6 is 11.6 Å². The van der Waals surface area contributed by atoms with E-state index >= 15 is 0 Å². The monoisotopic (exact) mass is 268 g/mol. The summed E-state index contributed by atoms with van der Waals surface area (Å²) in [6, 6.07) is 7.62. The van der Waals surface area contributed by atoms with E-state index in [0.29, 0.717) is 19.0 Å². The zero-order chi connectivity index (χ0) is 13.1. The lowest BCUT2D eigenvalue weighted by Gasteiger charge is -2.39. The Hall–Kier alpha value is -1.26. The Morgan fingerprint density at radius 3 is 2.94 bits per heavy atom. The highest BCUT2D eigenvalue weighted by atomic mass is 35.5. The van der Waals surface area contributed by atoms with E-state index in [1.165, 1.54) is 5.56 Å². The lowest BCUT2D eigenvalue weighted by molar-refractivity contribution is 0.141. The van der Waals surface area contributed by atoms with Gasteiger partial charge in [-0.25, -0.2) is 4.79 Å². The number of benzene rings is 1. The first kappa shape index (κ1) is 13.2. The molecule has 0 bridgehead atoms. The van der Waals surface area contributed by atoms with Gasteiger partial charge in [-0.15, -0.1) is 0 Å². The first-order valence-electron chi connectivity index (χ1n) is 6.02. The van der Waals surface area contributed by atoms with Crippen LogP contribution in [0.25, 0.3) is 0 Å². The molecule has 1 aromatic carbocycles. The maximum Gasteiger partial charge on any atom is 0.317 e. The number of carbonyl (C=O) groups excluding carboxylic acids is 1. The van der Waals surface area contributed by atoms with Gasteiger partial charge in [0.15, 0.2) is 0 Å². The lowest BCUT2D eigenvalue weighted by Crippen LogP contribution is -2.53. The molecule has 0 saturated carbocycles. The number of halogens is 1. The van der Waals surface area contributed by atoms with Crippen molar-refractivity contribution in [3.8, 4) is 0 Å². The van der Waals surface area contributed by atoms with Gasteiger partial charge < -0.3 is 15.3 Å². The Morgan fingerprint density at radius 1 is 1.61 bits per heavy atom. The third-order valence-electron chi connectivity index (χ3n) is 3.04. The molecule has 2 amide bonds. The number of aliphatic hydroxyl groups excluding tert-OH is 1. The molecule has 1 aliphatic rings. The molecule has 2 N–H and O–H groups in total. The fourth-order valence-corrected chi connectivity index (χ4v) is 2.16. The molecule has 0 aliphatic carbocycles. The van der Waals surface area contributed by atoms with E-state index in [-0.39, 0.29) is 12.6 Å². The highest BCUT2D eigenvalue weighted by Gasteiger charge is 2.31. The smallest absolute Gasteiger partial charge is 0.317 e. The van der Waals surface area contributed by atoms with Crippen molar-refractivity contribution in [1.29, 1.82) is 0 Å². The number of rotatable bonds is 3. The van der Waals surface area contributed by atoms with Crippen molar-refractivity contribution in [2.24, 2.45) is 0 Å². The SMILES string of the molecule is C[C@H](O)CNC(=O)N1CC(c2cccc(Cl)c2)C1. The molecule has 5 heteroatoms. The molecule has 2 rings (SSSR count). The fourth-order valence-electron chi connectivity index (χ4n) is 1.96. The molecule has 18 heavy (non-hydrogen) atoms. The van der Waals surface area contributed by atoms with Crippen LogP contribution < -0.4 is 5.32 Å². The van der Waals surface area contributed by atoms with E-state index in [4.69, 9.17) is 16.7 Å². The first-order valence-corrected chi connectivity index (χ1v) is 6.40. The second kappa shape index (κ2) is 5.59. The summed E-state index contributed by atoms with van der Waals surface area (Å²) >= 11 is 5.93. The average Bonchev–Trinajstić information content (AvgIpc) is 2.24. The zero-order valence-corrected chi connectivity index (χ0v) is 11.0. The topological polar surface area (TPSA) is 52.6 Å². The van der Waals surface area contributed by atoms with E-state index < -0.39 is 6.10 Å². The van der Waals surface area contributed by atoms with Gasteiger partial charge in [-0.3, -0.25) is 0 Å². The molecular formula is C13H17ClN2O2. The highest BCUT2D eigenvalue weighted by molar-refractivity contribution is 6.30. The fraction of sp³-hybridized carbons (Fsp3) is 0.462. The number of urea groups is 1. The second-order valence-corrected chi connectivity index (χ2v) is 5.13.